The summed E-state index contributed by atoms with van der Waals surface area (Å²) < 4.78 is 13.3. The highest BCUT2D eigenvalue weighted by Crippen LogP contribution is 2.26. The third-order valence-electron chi connectivity index (χ3n) is 5.34. The number of hydrogen-bond acceptors (Lipinski definition) is 8. The van der Waals surface area contributed by atoms with E-state index in [1.165, 1.54) is 18.5 Å². The average molecular weight is 428 g/mol. The molecule has 1 amide bonds. The summed E-state index contributed by atoms with van der Waals surface area (Å²) in [5.74, 6) is -1.81. The fourth-order valence-electron chi connectivity index (χ4n) is 3.55. The summed E-state index contributed by atoms with van der Waals surface area (Å²) in [6, 6.07) is 4.91. The molecule has 1 unspecified atom stereocenters. The molecular weight excluding hydrogens is 403 g/mol. The van der Waals surface area contributed by atoms with E-state index in [1.807, 2.05) is 6.08 Å². The van der Waals surface area contributed by atoms with Crippen LogP contribution >= 0.6 is 0 Å². The highest BCUT2D eigenvalue weighted by Gasteiger charge is 2.34. The number of primary amides is 1. The summed E-state index contributed by atoms with van der Waals surface area (Å²) in [7, 11) is 0. The van der Waals surface area contributed by atoms with Crippen molar-refractivity contribution in [3.8, 4) is 6.07 Å². The number of rotatable bonds is 8. The van der Waals surface area contributed by atoms with E-state index in [0.29, 0.717) is 12.8 Å². The van der Waals surface area contributed by atoms with Crippen LogP contribution in [0, 0.1) is 22.7 Å². The Morgan fingerprint density at radius 1 is 1.55 bits per heavy atom. The molecule has 1 fully saturated rings. The van der Waals surface area contributed by atoms with Gasteiger partial charge in [-0.25, -0.2) is 4.98 Å². The molecule has 11 heteroatoms. The van der Waals surface area contributed by atoms with Gasteiger partial charge in [-0.1, -0.05) is 0 Å². The maximum Gasteiger partial charge on any atom is 0.253 e. The van der Waals surface area contributed by atoms with Crippen molar-refractivity contribution < 1.29 is 14.0 Å². The summed E-state index contributed by atoms with van der Waals surface area (Å²) in [5, 5.41) is 23.3. The number of nitriles is 1. The van der Waals surface area contributed by atoms with Gasteiger partial charge in [0.15, 0.2) is 0 Å². The Labute approximate surface area is 179 Å². The van der Waals surface area contributed by atoms with Crippen molar-refractivity contribution in [1.29, 1.82) is 10.7 Å². The first-order chi connectivity index (χ1) is 14.9. The van der Waals surface area contributed by atoms with Crippen LogP contribution in [0.4, 0.5) is 10.1 Å². The number of likely N-dealkylation sites (tertiary alicyclic amines) is 1. The molecule has 6 N–H and O–H groups in total. The highest BCUT2D eigenvalue weighted by atomic mass is 19.1. The van der Waals surface area contributed by atoms with Gasteiger partial charge in [-0.15, -0.1) is 5.48 Å². The molecule has 164 valence electrons. The molecule has 0 saturated carbocycles. The lowest BCUT2D eigenvalue weighted by Gasteiger charge is -2.41. The van der Waals surface area contributed by atoms with Gasteiger partial charge in [0, 0.05) is 43.8 Å². The molecule has 31 heavy (non-hydrogen) atoms. The summed E-state index contributed by atoms with van der Waals surface area (Å²) in [4.78, 5) is 22.7. The van der Waals surface area contributed by atoms with Crippen LogP contribution in [-0.2, 0) is 9.63 Å². The number of carbonyl (C=O) groups excluding carboxylic acids is 1. The van der Waals surface area contributed by atoms with E-state index in [2.05, 4.69) is 32.1 Å². The number of amides is 1. The predicted molar refractivity (Wildman–Crippen MR) is 112 cm³/mol. The van der Waals surface area contributed by atoms with Gasteiger partial charge in [0.25, 0.3) is 5.91 Å². The number of anilines is 1. The molecule has 0 bridgehead atoms. The lowest BCUT2D eigenvalue weighted by molar-refractivity contribution is -0.114. The zero-order chi connectivity index (χ0) is 22.3. The van der Waals surface area contributed by atoms with Crippen LogP contribution < -0.4 is 21.8 Å². The van der Waals surface area contributed by atoms with Crippen LogP contribution in [0.2, 0.25) is 0 Å². The van der Waals surface area contributed by atoms with Gasteiger partial charge < -0.3 is 26.1 Å². The minimum Gasteiger partial charge on any atom is -0.416 e. The maximum atomic E-state index is 13.3. The standard InChI is InChI=1S/C20H25FN8O2/c21-17-11-14(1-7-25-17)27-18(23)16(19(24)30)12-26-20(3-6-22)4-8-29(9-5-20)13-15-2-10-31-28-15/h1-2,7,10-12,15,26,28H,3-5,8-9,13H2,(H2,24,30)(H2,23,25,27)/b16-12+. The number of amidine groups is 1. The lowest BCUT2D eigenvalue weighted by atomic mass is 9.84. The molecule has 0 aliphatic carbocycles. The Morgan fingerprint density at radius 3 is 2.94 bits per heavy atom. The molecule has 1 atom stereocenters. The van der Waals surface area contributed by atoms with Crippen molar-refractivity contribution in [3.63, 3.8) is 0 Å². The summed E-state index contributed by atoms with van der Waals surface area (Å²) in [6.45, 7) is 2.30. The molecule has 3 rings (SSSR count). The Bertz CT molecular complexity index is 918. The second-order valence-electron chi connectivity index (χ2n) is 7.52. The number of nitrogens with two attached hydrogens (primary N) is 1. The van der Waals surface area contributed by atoms with Crippen molar-refractivity contribution in [3.05, 3.63) is 48.4 Å². The van der Waals surface area contributed by atoms with Gasteiger partial charge in [-0.2, -0.15) is 9.65 Å². The smallest absolute Gasteiger partial charge is 0.253 e. The zero-order valence-electron chi connectivity index (χ0n) is 16.9. The topological polar surface area (TPSA) is 152 Å². The molecule has 3 heterocycles. The molecule has 0 aromatic carbocycles. The number of piperidine rings is 1. The minimum atomic E-state index is -0.817. The maximum absolute atomic E-state index is 13.3. The van der Waals surface area contributed by atoms with Gasteiger partial charge in [0.1, 0.15) is 12.1 Å². The van der Waals surface area contributed by atoms with Crippen molar-refractivity contribution in [1.82, 2.24) is 20.7 Å². The Hall–Kier alpha value is -3.49. The number of nitrogens with zero attached hydrogens (tertiary/aromatic N) is 3. The second kappa shape index (κ2) is 10.0. The summed E-state index contributed by atoms with van der Waals surface area (Å²) >= 11 is 0. The van der Waals surface area contributed by atoms with Crippen LogP contribution in [-0.4, -0.2) is 52.8 Å². The number of hydroxylamine groups is 1. The number of pyridine rings is 1. The lowest BCUT2D eigenvalue weighted by Crippen LogP contribution is -2.53. The first-order valence-corrected chi connectivity index (χ1v) is 9.83. The molecule has 1 saturated heterocycles. The molecule has 10 nitrogen and oxygen atoms in total. The number of halogens is 1. The van der Waals surface area contributed by atoms with Crippen molar-refractivity contribution in [2.24, 2.45) is 5.73 Å². The fraction of sp³-hybridized carbons (Fsp3) is 0.400. The molecule has 2 aliphatic rings. The Balaban J connectivity index is 1.65. The average Bonchev–Trinajstić information content (AvgIpc) is 3.23. The van der Waals surface area contributed by atoms with E-state index in [0.717, 1.165) is 25.7 Å². The van der Waals surface area contributed by atoms with Crippen molar-refractivity contribution in [2.45, 2.75) is 30.8 Å². The molecule has 0 radical (unpaired) electrons. The first-order valence-electron chi connectivity index (χ1n) is 9.83. The number of carbonyl (C=O) groups is 1. The number of aromatic nitrogens is 1. The van der Waals surface area contributed by atoms with Crippen LogP contribution in [0.1, 0.15) is 19.3 Å². The third kappa shape index (κ3) is 6.00. The zero-order valence-corrected chi connectivity index (χ0v) is 16.9. The van der Waals surface area contributed by atoms with E-state index in [1.54, 1.807) is 6.26 Å². The summed E-state index contributed by atoms with van der Waals surface area (Å²) in [5.41, 5.74) is 7.98. The van der Waals surface area contributed by atoms with E-state index in [-0.39, 0.29) is 29.6 Å². The summed E-state index contributed by atoms with van der Waals surface area (Å²) in [6.07, 6.45) is 7.78. The van der Waals surface area contributed by atoms with Crippen LogP contribution in [0.15, 0.2) is 42.4 Å². The van der Waals surface area contributed by atoms with Crippen molar-refractivity contribution in [2.75, 3.05) is 25.0 Å². The van der Waals surface area contributed by atoms with Crippen LogP contribution in [0.5, 0.6) is 0 Å². The Kier molecular flexibility index (Phi) is 7.17. The predicted octanol–water partition coefficient (Wildman–Crippen LogP) is 0.734. The first kappa shape index (κ1) is 22.2. The molecular formula is C20H25FN8O2. The normalized spacial score (nSPS) is 20.5. The van der Waals surface area contributed by atoms with E-state index in [4.69, 9.17) is 16.0 Å². The quantitative estimate of drug-likeness (QED) is 0.176. The van der Waals surface area contributed by atoms with Gasteiger partial charge in [0.2, 0.25) is 5.95 Å². The van der Waals surface area contributed by atoms with Gasteiger partial charge in [-0.3, -0.25) is 10.2 Å². The third-order valence-corrected chi connectivity index (χ3v) is 5.34. The molecule has 1 aromatic rings. The number of hydrogen-bond donors (Lipinski definition) is 5. The van der Waals surface area contributed by atoms with Gasteiger partial charge in [-0.05, 0) is 25.0 Å². The minimum absolute atomic E-state index is 0.102. The highest BCUT2D eigenvalue weighted by molar-refractivity contribution is 6.23. The van der Waals surface area contributed by atoms with Gasteiger partial charge in [0.05, 0.1) is 29.6 Å². The van der Waals surface area contributed by atoms with E-state index >= 15 is 0 Å². The monoisotopic (exact) mass is 428 g/mol. The van der Waals surface area contributed by atoms with Gasteiger partial charge >= 0.3 is 0 Å². The number of nitrogens with one attached hydrogen (secondary N) is 4. The van der Waals surface area contributed by atoms with E-state index in [9.17, 15) is 14.4 Å². The molecule has 0 spiro atoms. The van der Waals surface area contributed by atoms with Crippen molar-refractivity contribution >= 4 is 17.4 Å². The van der Waals surface area contributed by atoms with Crippen LogP contribution in [0.3, 0.4) is 0 Å². The fourth-order valence-corrected chi connectivity index (χ4v) is 3.55. The molecule has 2 aliphatic heterocycles. The van der Waals surface area contributed by atoms with E-state index < -0.39 is 17.4 Å². The largest absolute Gasteiger partial charge is 0.416 e. The molecule has 1 aromatic heterocycles. The van der Waals surface area contributed by atoms with Crippen LogP contribution in [0.25, 0.3) is 0 Å². The Morgan fingerprint density at radius 2 is 2.32 bits per heavy atom. The SMILES string of the molecule is N#CCC1(N/C=C(\C(=N)Nc2ccnc(F)c2)C(N)=O)CCN(CC2C=CON2)CC1. The second-order valence-corrected chi connectivity index (χ2v) is 7.52.